The van der Waals surface area contributed by atoms with Crippen molar-refractivity contribution in [1.29, 1.82) is 0 Å². The van der Waals surface area contributed by atoms with Crippen molar-refractivity contribution < 1.29 is 19.0 Å². The first-order valence-corrected chi connectivity index (χ1v) is 8.46. The van der Waals surface area contributed by atoms with Crippen molar-refractivity contribution in [3.63, 3.8) is 0 Å². The molecule has 0 aromatic heterocycles. The molecule has 3 rings (SSSR count). The summed E-state index contributed by atoms with van der Waals surface area (Å²) < 4.78 is 16.5. The Labute approximate surface area is 147 Å². The smallest absolute Gasteiger partial charge is 0.261 e. The molecule has 0 radical (unpaired) electrons. The number of rotatable bonds is 6. The van der Waals surface area contributed by atoms with Crippen LogP contribution in [0.4, 0.5) is 0 Å². The number of nitrogens with one attached hydrogen (secondary N) is 1. The second kappa shape index (κ2) is 7.47. The lowest BCUT2D eigenvalue weighted by molar-refractivity contribution is -0.127. The highest BCUT2D eigenvalue weighted by Crippen LogP contribution is 2.32. The van der Waals surface area contributed by atoms with Gasteiger partial charge in [0.15, 0.2) is 17.6 Å². The summed E-state index contributed by atoms with van der Waals surface area (Å²) in [5, 5.41) is 2.90. The fourth-order valence-electron chi connectivity index (χ4n) is 2.69. The first kappa shape index (κ1) is 17.1. The minimum Gasteiger partial charge on any atom is -0.481 e. The van der Waals surface area contributed by atoms with Crippen LogP contribution in [0.3, 0.4) is 0 Å². The van der Waals surface area contributed by atoms with E-state index in [0.29, 0.717) is 18.2 Å². The van der Waals surface area contributed by atoms with Gasteiger partial charge in [0.25, 0.3) is 5.91 Å². The SMILES string of the molecule is CC(C)c1ccccc1O[C@H](C)C(=O)NCc1ccc2c(c1)OCO2. The third-order valence-corrected chi connectivity index (χ3v) is 4.12. The van der Waals surface area contributed by atoms with Crippen molar-refractivity contribution >= 4 is 5.91 Å². The van der Waals surface area contributed by atoms with E-state index in [0.717, 1.165) is 22.6 Å². The predicted molar refractivity (Wildman–Crippen MR) is 95.0 cm³/mol. The lowest BCUT2D eigenvalue weighted by Gasteiger charge is -2.18. The maximum absolute atomic E-state index is 12.3. The van der Waals surface area contributed by atoms with Crippen molar-refractivity contribution in [2.75, 3.05) is 6.79 Å². The Hall–Kier alpha value is -2.69. The lowest BCUT2D eigenvalue weighted by atomic mass is 10.0. The molecule has 2 aromatic carbocycles. The van der Waals surface area contributed by atoms with Crippen LogP contribution in [0.2, 0.25) is 0 Å². The van der Waals surface area contributed by atoms with Gasteiger partial charge in [0.1, 0.15) is 5.75 Å². The molecule has 1 aliphatic heterocycles. The number of hydrogen-bond donors (Lipinski definition) is 1. The van der Waals surface area contributed by atoms with E-state index in [-0.39, 0.29) is 12.7 Å². The van der Waals surface area contributed by atoms with Gasteiger partial charge in [-0.25, -0.2) is 0 Å². The Balaban J connectivity index is 1.58. The molecule has 0 fully saturated rings. The molecule has 1 atom stereocenters. The first-order valence-electron chi connectivity index (χ1n) is 8.46. The fourth-order valence-corrected chi connectivity index (χ4v) is 2.69. The average molecular weight is 341 g/mol. The molecule has 0 saturated heterocycles. The van der Waals surface area contributed by atoms with Gasteiger partial charge in [-0.3, -0.25) is 4.79 Å². The molecule has 1 aliphatic rings. The zero-order valence-corrected chi connectivity index (χ0v) is 14.7. The first-order chi connectivity index (χ1) is 12.0. The van der Waals surface area contributed by atoms with Crippen LogP contribution in [0.5, 0.6) is 17.2 Å². The maximum atomic E-state index is 12.3. The van der Waals surface area contributed by atoms with Crippen LogP contribution < -0.4 is 19.5 Å². The number of ether oxygens (including phenoxy) is 3. The van der Waals surface area contributed by atoms with Crippen molar-refractivity contribution in [3.05, 3.63) is 53.6 Å². The Morgan fingerprint density at radius 1 is 1.12 bits per heavy atom. The summed E-state index contributed by atoms with van der Waals surface area (Å²) in [7, 11) is 0. The monoisotopic (exact) mass is 341 g/mol. The van der Waals surface area contributed by atoms with Crippen LogP contribution in [0, 0.1) is 0 Å². The summed E-state index contributed by atoms with van der Waals surface area (Å²) in [5.74, 6) is 2.37. The largest absolute Gasteiger partial charge is 0.481 e. The normalized spacial score (nSPS) is 13.6. The minimum absolute atomic E-state index is 0.156. The van der Waals surface area contributed by atoms with Crippen LogP contribution in [0.1, 0.15) is 37.8 Å². The van der Waals surface area contributed by atoms with Crippen molar-refractivity contribution in [2.45, 2.75) is 39.3 Å². The average Bonchev–Trinajstić information content (AvgIpc) is 3.07. The van der Waals surface area contributed by atoms with Gasteiger partial charge in [0.2, 0.25) is 6.79 Å². The Kier molecular flexibility index (Phi) is 5.12. The number of carbonyl (C=O) groups excluding carboxylic acids is 1. The Bertz CT molecular complexity index is 757. The second-order valence-corrected chi connectivity index (χ2v) is 6.36. The summed E-state index contributed by atoms with van der Waals surface area (Å²) in [6.07, 6.45) is -0.575. The third-order valence-electron chi connectivity index (χ3n) is 4.12. The molecule has 2 aromatic rings. The van der Waals surface area contributed by atoms with Gasteiger partial charge in [-0.2, -0.15) is 0 Å². The van der Waals surface area contributed by atoms with E-state index < -0.39 is 6.10 Å². The number of para-hydroxylation sites is 1. The van der Waals surface area contributed by atoms with Crippen LogP contribution in [-0.4, -0.2) is 18.8 Å². The second-order valence-electron chi connectivity index (χ2n) is 6.36. The molecule has 5 nitrogen and oxygen atoms in total. The predicted octanol–water partition coefficient (Wildman–Crippen LogP) is 3.62. The molecule has 0 spiro atoms. The van der Waals surface area contributed by atoms with Gasteiger partial charge < -0.3 is 19.5 Å². The number of fused-ring (bicyclic) bond motifs is 1. The fraction of sp³-hybridized carbons (Fsp3) is 0.350. The Morgan fingerprint density at radius 3 is 2.68 bits per heavy atom. The molecule has 1 heterocycles. The van der Waals surface area contributed by atoms with Gasteiger partial charge in [0, 0.05) is 6.54 Å². The van der Waals surface area contributed by atoms with E-state index in [9.17, 15) is 4.79 Å². The van der Waals surface area contributed by atoms with E-state index in [1.165, 1.54) is 0 Å². The highest BCUT2D eigenvalue weighted by molar-refractivity contribution is 5.80. The number of carbonyl (C=O) groups is 1. The van der Waals surface area contributed by atoms with Crippen molar-refractivity contribution in [2.24, 2.45) is 0 Å². The lowest BCUT2D eigenvalue weighted by Crippen LogP contribution is -2.36. The summed E-state index contributed by atoms with van der Waals surface area (Å²) in [6.45, 7) is 6.62. The molecule has 1 N–H and O–H groups in total. The van der Waals surface area contributed by atoms with Crippen LogP contribution in [0.15, 0.2) is 42.5 Å². The van der Waals surface area contributed by atoms with E-state index >= 15 is 0 Å². The molecule has 132 valence electrons. The van der Waals surface area contributed by atoms with Gasteiger partial charge in [-0.15, -0.1) is 0 Å². The molecule has 5 heteroatoms. The molecular formula is C20H23NO4. The van der Waals surface area contributed by atoms with Gasteiger partial charge in [0.05, 0.1) is 0 Å². The van der Waals surface area contributed by atoms with E-state index in [1.807, 2.05) is 42.5 Å². The van der Waals surface area contributed by atoms with Gasteiger partial charge >= 0.3 is 0 Å². The topological polar surface area (TPSA) is 56.8 Å². The Morgan fingerprint density at radius 2 is 1.88 bits per heavy atom. The van der Waals surface area contributed by atoms with Gasteiger partial charge in [-0.05, 0) is 42.2 Å². The summed E-state index contributed by atoms with van der Waals surface area (Å²) in [6, 6.07) is 13.5. The summed E-state index contributed by atoms with van der Waals surface area (Å²) in [5.41, 5.74) is 2.05. The molecular weight excluding hydrogens is 318 g/mol. The van der Waals surface area contributed by atoms with Crippen LogP contribution in [0.25, 0.3) is 0 Å². The molecule has 0 saturated carbocycles. The minimum atomic E-state index is -0.575. The molecule has 0 unspecified atom stereocenters. The highest BCUT2D eigenvalue weighted by Gasteiger charge is 2.18. The van der Waals surface area contributed by atoms with Crippen molar-refractivity contribution in [3.8, 4) is 17.2 Å². The molecule has 0 bridgehead atoms. The maximum Gasteiger partial charge on any atom is 0.261 e. The quantitative estimate of drug-likeness (QED) is 0.872. The number of benzene rings is 2. The van der Waals surface area contributed by atoms with Gasteiger partial charge in [-0.1, -0.05) is 38.1 Å². The van der Waals surface area contributed by atoms with E-state index in [1.54, 1.807) is 6.92 Å². The van der Waals surface area contributed by atoms with Crippen LogP contribution >= 0.6 is 0 Å². The third kappa shape index (κ3) is 4.05. The highest BCUT2D eigenvalue weighted by atomic mass is 16.7. The van der Waals surface area contributed by atoms with E-state index in [4.69, 9.17) is 14.2 Å². The summed E-state index contributed by atoms with van der Waals surface area (Å²) >= 11 is 0. The van der Waals surface area contributed by atoms with Crippen molar-refractivity contribution in [1.82, 2.24) is 5.32 Å². The molecule has 25 heavy (non-hydrogen) atoms. The summed E-state index contributed by atoms with van der Waals surface area (Å²) in [4.78, 5) is 12.3. The molecule has 1 amide bonds. The standard InChI is InChI=1S/C20H23NO4/c1-13(2)16-6-4-5-7-17(16)25-14(3)20(22)21-11-15-8-9-18-19(10-15)24-12-23-18/h4-10,13-14H,11-12H2,1-3H3,(H,21,22)/t14-/m1/s1. The zero-order chi connectivity index (χ0) is 17.8. The number of hydrogen-bond acceptors (Lipinski definition) is 4. The molecule has 0 aliphatic carbocycles. The zero-order valence-electron chi connectivity index (χ0n) is 14.7. The van der Waals surface area contributed by atoms with E-state index in [2.05, 4.69) is 19.2 Å². The van der Waals surface area contributed by atoms with Crippen LogP contribution in [-0.2, 0) is 11.3 Å². The number of amides is 1.